The lowest BCUT2D eigenvalue weighted by Gasteiger charge is -2.31. The van der Waals surface area contributed by atoms with Gasteiger partial charge in [-0.1, -0.05) is 54.2 Å². The van der Waals surface area contributed by atoms with Gasteiger partial charge in [0, 0.05) is 16.6 Å². The molecule has 0 bridgehead atoms. The topological polar surface area (TPSA) is 12.0 Å². The van der Waals surface area contributed by atoms with Crippen LogP contribution in [-0.2, 0) is 0 Å². The van der Waals surface area contributed by atoms with Crippen LogP contribution >= 0.6 is 15.9 Å². The van der Waals surface area contributed by atoms with Crippen molar-refractivity contribution in [3.05, 3.63) is 34.3 Å². The van der Waals surface area contributed by atoms with Gasteiger partial charge in [-0.05, 0) is 49.8 Å². The van der Waals surface area contributed by atoms with E-state index in [0.717, 1.165) is 16.8 Å². The van der Waals surface area contributed by atoms with Crippen molar-refractivity contribution in [2.24, 2.45) is 5.92 Å². The molecule has 1 aromatic rings. The van der Waals surface area contributed by atoms with Crippen molar-refractivity contribution in [3.63, 3.8) is 0 Å². The summed E-state index contributed by atoms with van der Waals surface area (Å²) < 4.78 is 1.16. The molecule has 0 spiro atoms. The van der Waals surface area contributed by atoms with E-state index in [-0.39, 0.29) is 0 Å². The van der Waals surface area contributed by atoms with Crippen LogP contribution in [0.3, 0.4) is 0 Å². The zero-order chi connectivity index (χ0) is 13.7. The summed E-state index contributed by atoms with van der Waals surface area (Å²) >= 11 is 3.51. The minimum absolute atomic E-state index is 0.491. The molecule has 0 radical (unpaired) electrons. The van der Waals surface area contributed by atoms with Gasteiger partial charge in [-0.2, -0.15) is 0 Å². The maximum absolute atomic E-state index is 3.86. The zero-order valence-corrected chi connectivity index (χ0v) is 13.7. The predicted molar refractivity (Wildman–Crippen MR) is 86.3 cm³/mol. The van der Waals surface area contributed by atoms with E-state index in [4.69, 9.17) is 0 Å². The van der Waals surface area contributed by atoms with E-state index in [2.05, 4.69) is 59.4 Å². The van der Waals surface area contributed by atoms with Gasteiger partial charge in [0.1, 0.15) is 0 Å². The van der Waals surface area contributed by atoms with E-state index in [0.29, 0.717) is 12.1 Å². The molecule has 1 unspecified atom stereocenters. The average molecular weight is 324 g/mol. The van der Waals surface area contributed by atoms with E-state index in [1.54, 1.807) is 0 Å². The monoisotopic (exact) mass is 323 g/mol. The first-order chi connectivity index (χ1) is 9.20. The molecule has 1 saturated carbocycles. The second-order valence-electron chi connectivity index (χ2n) is 5.87. The van der Waals surface area contributed by atoms with E-state index in [1.165, 1.54) is 37.7 Å². The summed E-state index contributed by atoms with van der Waals surface area (Å²) in [7, 11) is 0. The van der Waals surface area contributed by atoms with Crippen molar-refractivity contribution in [1.82, 2.24) is 5.32 Å². The van der Waals surface area contributed by atoms with Gasteiger partial charge < -0.3 is 5.32 Å². The highest BCUT2D eigenvalue weighted by atomic mass is 79.9. The normalized spacial score (nSPS) is 20.2. The zero-order valence-electron chi connectivity index (χ0n) is 12.2. The van der Waals surface area contributed by atoms with Crippen molar-refractivity contribution in [2.75, 3.05) is 0 Å². The van der Waals surface area contributed by atoms with Crippen LogP contribution in [-0.4, -0.2) is 6.04 Å². The predicted octanol–water partition coefficient (Wildman–Crippen LogP) is 5.46. The van der Waals surface area contributed by atoms with Crippen molar-refractivity contribution in [3.8, 4) is 0 Å². The molecule has 2 atom stereocenters. The summed E-state index contributed by atoms with van der Waals surface area (Å²) in [6.45, 7) is 4.64. The highest BCUT2D eigenvalue weighted by Gasteiger charge is 2.22. The molecular formula is C17H26BrN. The highest BCUT2D eigenvalue weighted by Crippen LogP contribution is 2.28. The minimum atomic E-state index is 0.491. The van der Waals surface area contributed by atoms with Crippen molar-refractivity contribution < 1.29 is 0 Å². The number of hydrogen-bond donors (Lipinski definition) is 1. The van der Waals surface area contributed by atoms with Gasteiger partial charge in [0.25, 0.3) is 0 Å². The molecular weight excluding hydrogens is 298 g/mol. The van der Waals surface area contributed by atoms with Gasteiger partial charge in [0.2, 0.25) is 0 Å². The smallest absolute Gasteiger partial charge is 0.0320 e. The Balaban J connectivity index is 1.96. The molecule has 1 fully saturated rings. The van der Waals surface area contributed by atoms with Gasteiger partial charge in [0.15, 0.2) is 0 Å². The molecule has 2 rings (SSSR count). The molecule has 2 heteroatoms. The Labute approximate surface area is 126 Å². The second kappa shape index (κ2) is 7.44. The third-order valence-electron chi connectivity index (χ3n) is 4.50. The Bertz CT molecular complexity index is 367. The molecule has 0 aromatic heterocycles. The van der Waals surface area contributed by atoms with Crippen LogP contribution in [0.2, 0.25) is 0 Å². The van der Waals surface area contributed by atoms with Crippen molar-refractivity contribution >= 4 is 15.9 Å². The Morgan fingerprint density at radius 2 is 1.79 bits per heavy atom. The van der Waals surface area contributed by atoms with Gasteiger partial charge in [0.05, 0.1) is 0 Å². The lowest BCUT2D eigenvalue weighted by atomic mass is 9.84. The maximum Gasteiger partial charge on any atom is 0.0320 e. The van der Waals surface area contributed by atoms with Gasteiger partial charge >= 0.3 is 0 Å². The molecule has 0 saturated heterocycles. The quantitative estimate of drug-likeness (QED) is 0.758. The number of rotatable bonds is 5. The Morgan fingerprint density at radius 3 is 2.37 bits per heavy atom. The molecule has 1 aliphatic rings. The third kappa shape index (κ3) is 4.32. The number of benzene rings is 1. The summed E-state index contributed by atoms with van der Waals surface area (Å²) in [5.41, 5.74) is 1.41. The maximum atomic E-state index is 3.86. The molecule has 106 valence electrons. The lowest BCUT2D eigenvalue weighted by Crippen LogP contribution is -2.37. The first-order valence-electron chi connectivity index (χ1n) is 7.72. The van der Waals surface area contributed by atoms with Crippen LogP contribution in [0.4, 0.5) is 0 Å². The van der Waals surface area contributed by atoms with Gasteiger partial charge in [-0.25, -0.2) is 0 Å². The van der Waals surface area contributed by atoms with Crippen LogP contribution < -0.4 is 5.32 Å². The lowest BCUT2D eigenvalue weighted by molar-refractivity contribution is 0.262. The van der Waals surface area contributed by atoms with Crippen LogP contribution in [0.25, 0.3) is 0 Å². The second-order valence-corrected chi connectivity index (χ2v) is 6.78. The van der Waals surface area contributed by atoms with Gasteiger partial charge in [-0.15, -0.1) is 0 Å². The summed E-state index contributed by atoms with van der Waals surface area (Å²) in [4.78, 5) is 0. The molecule has 1 N–H and O–H groups in total. The molecule has 19 heavy (non-hydrogen) atoms. The third-order valence-corrected chi connectivity index (χ3v) is 5.03. The standard InChI is InChI=1S/C17H26BrN/c1-3-17(15-9-11-16(18)12-10-15)19-13(2)14-7-5-4-6-8-14/h9-14,17,19H,3-8H2,1-2H3/t13-,17?/m1/s1. The number of halogens is 1. The van der Waals surface area contributed by atoms with E-state index >= 15 is 0 Å². The molecule has 0 aliphatic heterocycles. The van der Waals surface area contributed by atoms with Crippen LogP contribution in [0.15, 0.2) is 28.7 Å². The van der Waals surface area contributed by atoms with E-state index in [9.17, 15) is 0 Å². The first kappa shape index (κ1) is 15.1. The molecule has 0 amide bonds. The fraction of sp³-hybridized carbons (Fsp3) is 0.647. The molecule has 1 nitrogen and oxygen atoms in total. The number of hydrogen-bond acceptors (Lipinski definition) is 1. The Kier molecular flexibility index (Phi) is 5.90. The summed E-state index contributed by atoms with van der Waals surface area (Å²) in [5.74, 6) is 0.873. The van der Waals surface area contributed by atoms with Gasteiger partial charge in [-0.3, -0.25) is 0 Å². The largest absolute Gasteiger partial charge is 0.307 e. The SMILES string of the molecule is CCC(N[C@H](C)C1CCCCC1)c1ccc(Br)cc1. The first-order valence-corrected chi connectivity index (χ1v) is 8.51. The van der Waals surface area contributed by atoms with Crippen LogP contribution in [0, 0.1) is 5.92 Å². The van der Waals surface area contributed by atoms with E-state index < -0.39 is 0 Å². The Hall–Kier alpha value is -0.340. The molecule has 1 aromatic carbocycles. The fourth-order valence-electron chi connectivity index (χ4n) is 3.23. The van der Waals surface area contributed by atoms with Crippen molar-refractivity contribution in [1.29, 1.82) is 0 Å². The molecule has 0 heterocycles. The summed E-state index contributed by atoms with van der Waals surface area (Å²) in [5, 5.41) is 3.86. The summed E-state index contributed by atoms with van der Waals surface area (Å²) in [6.07, 6.45) is 8.25. The van der Waals surface area contributed by atoms with Crippen LogP contribution in [0.5, 0.6) is 0 Å². The number of nitrogens with one attached hydrogen (secondary N) is 1. The van der Waals surface area contributed by atoms with Crippen molar-refractivity contribution in [2.45, 2.75) is 64.5 Å². The fourth-order valence-corrected chi connectivity index (χ4v) is 3.50. The van der Waals surface area contributed by atoms with Crippen LogP contribution in [0.1, 0.15) is 64.0 Å². The Morgan fingerprint density at radius 1 is 1.16 bits per heavy atom. The average Bonchev–Trinajstić information content (AvgIpc) is 2.46. The minimum Gasteiger partial charge on any atom is -0.307 e. The van der Waals surface area contributed by atoms with E-state index in [1.807, 2.05) is 0 Å². The molecule has 1 aliphatic carbocycles. The summed E-state index contributed by atoms with van der Waals surface area (Å²) in [6, 6.07) is 9.88. The highest BCUT2D eigenvalue weighted by molar-refractivity contribution is 9.10.